The van der Waals surface area contributed by atoms with Crippen LogP contribution in [0.4, 0.5) is 0 Å². The number of oxazole rings is 1. The first-order chi connectivity index (χ1) is 14.8. The van der Waals surface area contributed by atoms with Crippen molar-refractivity contribution in [3.8, 4) is 23.0 Å². The van der Waals surface area contributed by atoms with Crippen molar-refractivity contribution < 1.29 is 13.9 Å². The van der Waals surface area contributed by atoms with Gasteiger partial charge in [0, 0.05) is 18.7 Å². The summed E-state index contributed by atoms with van der Waals surface area (Å²) in [4.78, 5) is 9.09. The van der Waals surface area contributed by atoms with Crippen LogP contribution >= 0.6 is 0 Å². The Morgan fingerprint density at radius 1 is 1.03 bits per heavy atom. The van der Waals surface area contributed by atoms with E-state index in [1.807, 2.05) is 61.5 Å². The normalized spacial score (nSPS) is 11.2. The zero-order chi connectivity index (χ0) is 21.0. The maximum absolute atomic E-state index is 5.74. The predicted molar refractivity (Wildman–Crippen MR) is 118 cm³/mol. The van der Waals surface area contributed by atoms with Crippen molar-refractivity contribution in [2.75, 3.05) is 26.8 Å². The van der Waals surface area contributed by atoms with Gasteiger partial charge in [-0.25, -0.2) is 9.98 Å². The van der Waals surface area contributed by atoms with E-state index >= 15 is 0 Å². The molecule has 0 amide bonds. The lowest BCUT2D eigenvalue weighted by molar-refractivity contribution is 0.310. The highest BCUT2D eigenvalue weighted by molar-refractivity contribution is 5.79. The molecule has 1 aromatic heterocycles. The zero-order valence-electron chi connectivity index (χ0n) is 17.4. The molecule has 0 saturated heterocycles. The van der Waals surface area contributed by atoms with E-state index in [1.165, 1.54) is 0 Å². The van der Waals surface area contributed by atoms with Crippen molar-refractivity contribution in [3.05, 3.63) is 66.6 Å². The molecule has 0 saturated carbocycles. The summed E-state index contributed by atoms with van der Waals surface area (Å²) in [5.41, 5.74) is 1.74. The third-order valence-corrected chi connectivity index (χ3v) is 4.26. The van der Waals surface area contributed by atoms with Crippen LogP contribution in [-0.2, 0) is 6.54 Å². The molecule has 7 heteroatoms. The Balaban J connectivity index is 1.43. The minimum Gasteiger partial charge on any atom is -0.497 e. The molecule has 0 aliphatic rings. The monoisotopic (exact) mass is 408 g/mol. The van der Waals surface area contributed by atoms with Crippen LogP contribution in [0.2, 0.25) is 0 Å². The van der Waals surface area contributed by atoms with E-state index < -0.39 is 0 Å². The van der Waals surface area contributed by atoms with Crippen molar-refractivity contribution >= 4 is 5.96 Å². The molecular formula is C23H28N4O3. The van der Waals surface area contributed by atoms with Gasteiger partial charge in [0.1, 0.15) is 23.5 Å². The van der Waals surface area contributed by atoms with Crippen LogP contribution in [-0.4, -0.2) is 37.7 Å². The lowest BCUT2D eigenvalue weighted by atomic mass is 10.2. The lowest BCUT2D eigenvalue weighted by Crippen LogP contribution is -2.38. The fourth-order valence-corrected chi connectivity index (χ4v) is 2.74. The maximum atomic E-state index is 5.74. The first-order valence-electron chi connectivity index (χ1n) is 10.1. The Kier molecular flexibility index (Phi) is 8.14. The molecule has 30 heavy (non-hydrogen) atoms. The molecule has 1 heterocycles. The summed E-state index contributed by atoms with van der Waals surface area (Å²) in [6.07, 6.45) is 2.50. The van der Waals surface area contributed by atoms with Gasteiger partial charge in [-0.1, -0.05) is 18.2 Å². The Hall–Kier alpha value is -3.48. The van der Waals surface area contributed by atoms with E-state index in [2.05, 4.69) is 20.6 Å². The Labute approximate surface area is 177 Å². The molecule has 0 radical (unpaired) electrons. The molecule has 2 aromatic carbocycles. The number of aromatic nitrogens is 1. The van der Waals surface area contributed by atoms with Crippen LogP contribution in [0.3, 0.4) is 0 Å². The van der Waals surface area contributed by atoms with E-state index in [0.717, 1.165) is 48.2 Å². The van der Waals surface area contributed by atoms with Crippen molar-refractivity contribution in [3.63, 3.8) is 0 Å². The molecule has 0 bridgehead atoms. The van der Waals surface area contributed by atoms with Crippen LogP contribution in [0.1, 0.15) is 19.0 Å². The number of hydrogen-bond acceptors (Lipinski definition) is 5. The van der Waals surface area contributed by atoms with Crippen LogP contribution in [0.15, 0.2) is 70.3 Å². The zero-order valence-corrected chi connectivity index (χ0v) is 17.4. The molecule has 0 aliphatic heterocycles. The van der Waals surface area contributed by atoms with E-state index in [0.29, 0.717) is 19.0 Å². The molecule has 0 spiro atoms. The fourth-order valence-electron chi connectivity index (χ4n) is 2.74. The molecule has 3 aromatic rings. The summed E-state index contributed by atoms with van der Waals surface area (Å²) in [6.45, 7) is 4.61. The molecule has 0 unspecified atom stereocenters. The highest BCUT2D eigenvalue weighted by atomic mass is 16.5. The summed E-state index contributed by atoms with van der Waals surface area (Å²) in [5, 5.41) is 6.55. The van der Waals surface area contributed by atoms with Crippen LogP contribution < -0.4 is 20.1 Å². The van der Waals surface area contributed by atoms with Crippen LogP contribution in [0.25, 0.3) is 11.5 Å². The number of methoxy groups -OCH3 is 1. The van der Waals surface area contributed by atoms with Crippen molar-refractivity contribution in [1.82, 2.24) is 15.6 Å². The number of benzene rings is 2. The average molecular weight is 409 g/mol. The van der Waals surface area contributed by atoms with Crippen molar-refractivity contribution in [2.24, 2.45) is 4.99 Å². The maximum Gasteiger partial charge on any atom is 0.226 e. The molecular weight excluding hydrogens is 380 g/mol. The van der Waals surface area contributed by atoms with Crippen LogP contribution in [0.5, 0.6) is 11.5 Å². The van der Waals surface area contributed by atoms with Gasteiger partial charge in [-0.2, -0.15) is 0 Å². The van der Waals surface area contributed by atoms with Gasteiger partial charge < -0.3 is 24.5 Å². The smallest absolute Gasteiger partial charge is 0.226 e. The first-order valence-corrected chi connectivity index (χ1v) is 10.1. The Morgan fingerprint density at radius 3 is 2.53 bits per heavy atom. The van der Waals surface area contributed by atoms with Crippen molar-refractivity contribution in [1.29, 1.82) is 0 Å². The molecule has 3 rings (SSSR count). The van der Waals surface area contributed by atoms with Gasteiger partial charge in [-0.15, -0.1) is 0 Å². The summed E-state index contributed by atoms with van der Waals surface area (Å²) < 4.78 is 16.5. The number of guanidine groups is 1. The Bertz CT molecular complexity index is 908. The standard InChI is InChI=1S/C23H28N4O3/c1-3-24-23(25-14-7-15-29-21-12-10-20(28-2)11-13-21)26-16-19-17-30-22(27-19)18-8-5-4-6-9-18/h4-6,8-13,17H,3,7,14-16H2,1-2H3,(H2,24,25,26). The summed E-state index contributed by atoms with van der Waals surface area (Å²) in [5.74, 6) is 3.00. The van der Waals surface area contributed by atoms with Gasteiger partial charge in [0.2, 0.25) is 5.89 Å². The summed E-state index contributed by atoms with van der Waals surface area (Å²) >= 11 is 0. The van der Waals surface area contributed by atoms with Gasteiger partial charge in [0.15, 0.2) is 5.96 Å². The number of nitrogens with zero attached hydrogens (tertiary/aromatic N) is 2. The SMILES string of the molecule is CCNC(=NCc1coc(-c2ccccc2)n1)NCCCOc1ccc(OC)cc1. The number of rotatable bonds is 10. The Morgan fingerprint density at radius 2 is 1.80 bits per heavy atom. The minimum absolute atomic E-state index is 0.439. The molecule has 158 valence electrons. The minimum atomic E-state index is 0.439. The van der Waals surface area contributed by atoms with Gasteiger partial charge in [-0.3, -0.25) is 0 Å². The molecule has 0 atom stereocenters. The third-order valence-electron chi connectivity index (χ3n) is 4.26. The van der Waals surface area contributed by atoms with Gasteiger partial charge in [0.25, 0.3) is 0 Å². The predicted octanol–water partition coefficient (Wildman–Crippen LogP) is 3.87. The molecule has 0 aliphatic carbocycles. The second-order valence-electron chi connectivity index (χ2n) is 6.51. The van der Waals surface area contributed by atoms with Gasteiger partial charge in [-0.05, 0) is 49.7 Å². The van der Waals surface area contributed by atoms with E-state index in [9.17, 15) is 0 Å². The summed E-state index contributed by atoms with van der Waals surface area (Å²) in [7, 11) is 1.65. The van der Waals surface area contributed by atoms with Gasteiger partial charge >= 0.3 is 0 Å². The molecule has 0 fully saturated rings. The number of nitrogens with one attached hydrogen (secondary N) is 2. The fraction of sp³-hybridized carbons (Fsp3) is 0.304. The number of hydrogen-bond donors (Lipinski definition) is 2. The molecule has 7 nitrogen and oxygen atoms in total. The highest BCUT2D eigenvalue weighted by Crippen LogP contribution is 2.18. The van der Waals surface area contributed by atoms with Gasteiger partial charge in [0.05, 0.1) is 20.3 Å². The largest absolute Gasteiger partial charge is 0.497 e. The summed E-state index contributed by atoms with van der Waals surface area (Å²) in [6, 6.07) is 17.4. The van der Waals surface area contributed by atoms with Crippen LogP contribution in [0, 0.1) is 0 Å². The number of aliphatic imine (C=N–C) groups is 1. The first kappa shape index (κ1) is 21.2. The highest BCUT2D eigenvalue weighted by Gasteiger charge is 2.06. The average Bonchev–Trinajstić information content (AvgIpc) is 3.27. The van der Waals surface area contributed by atoms with Crippen molar-refractivity contribution in [2.45, 2.75) is 19.9 Å². The number of ether oxygens (including phenoxy) is 2. The molecule has 2 N–H and O–H groups in total. The second kappa shape index (κ2) is 11.5. The van der Waals surface area contributed by atoms with E-state index in [-0.39, 0.29) is 0 Å². The second-order valence-corrected chi connectivity index (χ2v) is 6.51. The quantitative estimate of drug-likeness (QED) is 0.301. The van der Waals surface area contributed by atoms with E-state index in [1.54, 1.807) is 13.4 Å². The van der Waals surface area contributed by atoms with E-state index in [4.69, 9.17) is 13.9 Å². The lowest BCUT2D eigenvalue weighted by Gasteiger charge is -2.11. The topological polar surface area (TPSA) is 80.9 Å². The third kappa shape index (κ3) is 6.55.